The number of rotatable bonds is 8. The standard InChI is InChI=1S/C32H36N2O3.ClH/c1-37-30(35)28-14-12-25(13-15-28)24-34-23-19-32(31(34)36)17-21-33(22-18-32)20-16-29(26-8-4-2-5-9-26)27-10-6-3-7-11-27;/h2-15,29H,16-24H2,1H3;1H. The lowest BCUT2D eigenvalue weighted by Crippen LogP contribution is -2.45. The molecule has 0 radical (unpaired) electrons. The van der Waals surface area contributed by atoms with Crippen LogP contribution in [0.5, 0.6) is 0 Å². The Hall–Kier alpha value is -3.15. The van der Waals surface area contributed by atoms with Gasteiger partial charge in [-0.3, -0.25) is 4.79 Å². The van der Waals surface area contributed by atoms with Gasteiger partial charge < -0.3 is 14.5 Å². The molecule has 0 saturated carbocycles. The molecule has 2 saturated heterocycles. The second-order valence-electron chi connectivity index (χ2n) is 10.4. The summed E-state index contributed by atoms with van der Waals surface area (Å²) in [6.45, 7) is 4.39. The molecule has 5 rings (SSSR count). The van der Waals surface area contributed by atoms with Gasteiger partial charge in [0.15, 0.2) is 0 Å². The number of hydrogen-bond donors (Lipinski definition) is 0. The number of carbonyl (C=O) groups is 2. The van der Waals surface area contributed by atoms with E-state index in [4.69, 9.17) is 4.74 Å². The van der Waals surface area contributed by atoms with E-state index in [-0.39, 0.29) is 23.8 Å². The van der Waals surface area contributed by atoms with Crippen molar-refractivity contribution in [2.24, 2.45) is 5.41 Å². The predicted molar refractivity (Wildman–Crippen MR) is 153 cm³/mol. The summed E-state index contributed by atoms with van der Waals surface area (Å²) < 4.78 is 4.78. The highest BCUT2D eigenvalue weighted by Crippen LogP contribution is 2.42. The van der Waals surface area contributed by atoms with Crippen molar-refractivity contribution in [3.05, 3.63) is 107 Å². The highest BCUT2D eigenvalue weighted by Gasteiger charge is 2.47. The average molecular weight is 533 g/mol. The van der Waals surface area contributed by atoms with Crippen LogP contribution >= 0.6 is 12.4 Å². The first kappa shape index (κ1) is 27.9. The fourth-order valence-corrected chi connectivity index (χ4v) is 6.00. The summed E-state index contributed by atoms with van der Waals surface area (Å²) in [5.41, 5.74) is 4.10. The van der Waals surface area contributed by atoms with Gasteiger partial charge in [0.25, 0.3) is 0 Å². The fraction of sp³-hybridized carbons (Fsp3) is 0.375. The van der Waals surface area contributed by atoms with Crippen molar-refractivity contribution in [3.63, 3.8) is 0 Å². The number of esters is 1. The third-order valence-electron chi connectivity index (χ3n) is 8.30. The molecule has 0 N–H and O–H groups in total. The number of ether oxygens (including phenoxy) is 1. The molecule has 2 fully saturated rings. The van der Waals surface area contributed by atoms with Crippen molar-refractivity contribution >= 4 is 24.3 Å². The van der Waals surface area contributed by atoms with Crippen LogP contribution in [0.15, 0.2) is 84.9 Å². The zero-order valence-electron chi connectivity index (χ0n) is 22.1. The van der Waals surface area contributed by atoms with E-state index in [0.717, 1.165) is 57.4 Å². The molecule has 2 aliphatic rings. The quantitative estimate of drug-likeness (QED) is 0.337. The molecule has 2 heterocycles. The van der Waals surface area contributed by atoms with Crippen LogP contribution in [-0.4, -0.2) is 55.0 Å². The molecular weight excluding hydrogens is 496 g/mol. The van der Waals surface area contributed by atoms with Gasteiger partial charge in [-0.2, -0.15) is 0 Å². The van der Waals surface area contributed by atoms with Crippen molar-refractivity contribution in [2.75, 3.05) is 33.3 Å². The number of benzene rings is 3. The monoisotopic (exact) mass is 532 g/mol. The van der Waals surface area contributed by atoms with Crippen LogP contribution in [0.1, 0.15) is 58.6 Å². The molecule has 3 aromatic carbocycles. The topological polar surface area (TPSA) is 49.9 Å². The van der Waals surface area contributed by atoms with E-state index in [0.29, 0.717) is 23.9 Å². The number of hydrogen-bond acceptors (Lipinski definition) is 4. The minimum absolute atomic E-state index is 0. The Balaban J connectivity index is 0.00000336. The molecule has 6 heteroatoms. The Labute approximate surface area is 232 Å². The molecular formula is C32H37ClN2O3. The SMILES string of the molecule is COC(=O)c1ccc(CN2CCC3(CCN(CCC(c4ccccc4)c4ccccc4)CC3)C2=O)cc1.Cl. The summed E-state index contributed by atoms with van der Waals surface area (Å²) in [6.07, 6.45) is 3.88. The number of carbonyl (C=O) groups excluding carboxylic acids is 2. The zero-order chi connectivity index (χ0) is 25.7. The molecule has 0 bridgehead atoms. The Morgan fingerprint density at radius 3 is 1.95 bits per heavy atom. The molecule has 2 aliphatic heterocycles. The second kappa shape index (κ2) is 12.6. The van der Waals surface area contributed by atoms with E-state index < -0.39 is 0 Å². The Morgan fingerprint density at radius 2 is 1.39 bits per heavy atom. The number of likely N-dealkylation sites (tertiary alicyclic amines) is 2. The van der Waals surface area contributed by atoms with Crippen LogP contribution in [0.25, 0.3) is 0 Å². The maximum Gasteiger partial charge on any atom is 0.337 e. The zero-order valence-corrected chi connectivity index (χ0v) is 22.9. The van der Waals surface area contributed by atoms with Gasteiger partial charge in [-0.1, -0.05) is 72.8 Å². The first-order valence-electron chi connectivity index (χ1n) is 13.4. The summed E-state index contributed by atoms with van der Waals surface area (Å²) in [4.78, 5) is 29.7. The van der Waals surface area contributed by atoms with E-state index in [1.807, 2.05) is 17.0 Å². The third-order valence-corrected chi connectivity index (χ3v) is 8.30. The molecule has 200 valence electrons. The molecule has 0 aliphatic carbocycles. The molecule has 3 aromatic rings. The minimum Gasteiger partial charge on any atom is -0.465 e. The molecule has 1 amide bonds. The molecule has 0 atom stereocenters. The van der Waals surface area contributed by atoms with Crippen molar-refractivity contribution in [2.45, 2.75) is 38.1 Å². The van der Waals surface area contributed by atoms with Gasteiger partial charge in [-0.05, 0) is 74.1 Å². The van der Waals surface area contributed by atoms with E-state index >= 15 is 0 Å². The largest absolute Gasteiger partial charge is 0.465 e. The minimum atomic E-state index is -0.339. The number of methoxy groups -OCH3 is 1. The van der Waals surface area contributed by atoms with Gasteiger partial charge in [0.05, 0.1) is 18.1 Å². The van der Waals surface area contributed by atoms with E-state index in [1.54, 1.807) is 12.1 Å². The number of halogens is 1. The van der Waals surface area contributed by atoms with Crippen LogP contribution in [-0.2, 0) is 16.1 Å². The first-order valence-corrected chi connectivity index (χ1v) is 13.4. The Kier molecular flexibility index (Phi) is 9.24. The molecule has 0 aromatic heterocycles. The van der Waals surface area contributed by atoms with Gasteiger partial charge in [0.2, 0.25) is 5.91 Å². The lowest BCUT2D eigenvalue weighted by Gasteiger charge is -2.38. The number of piperidine rings is 1. The maximum absolute atomic E-state index is 13.5. The van der Waals surface area contributed by atoms with Crippen LogP contribution in [0.3, 0.4) is 0 Å². The smallest absolute Gasteiger partial charge is 0.337 e. The second-order valence-corrected chi connectivity index (χ2v) is 10.4. The lowest BCUT2D eigenvalue weighted by molar-refractivity contribution is -0.138. The van der Waals surface area contributed by atoms with Crippen LogP contribution in [0.2, 0.25) is 0 Å². The van der Waals surface area contributed by atoms with Gasteiger partial charge in [0.1, 0.15) is 0 Å². The first-order chi connectivity index (χ1) is 18.1. The van der Waals surface area contributed by atoms with Gasteiger partial charge >= 0.3 is 5.97 Å². The predicted octanol–water partition coefficient (Wildman–Crippen LogP) is 5.93. The number of nitrogens with zero attached hydrogens (tertiary/aromatic N) is 2. The van der Waals surface area contributed by atoms with Gasteiger partial charge in [0, 0.05) is 19.0 Å². The highest BCUT2D eigenvalue weighted by molar-refractivity contribution is 5.89. The van der Waals surface area contributed by atoms with Crippen LogP contribution in [0.4, 0.5) is 0 Å². The Morgan fingerprint density at radius 1 is 0.842 bits per heavy atom. The molecule has 38 heavy (non-hydrogen) atoms. The maximum atomic E-state index is 13.5. The fourth-order valence-electron chi connectivity index (χ4n) is 6.00. The average Bonchev–Trinajstić information content (AvgIpc) is 3.25. The summed E-state index contributed by atoms with van der Waals surface area (Å²) in [7, 11) is 1.38. The summed E-state index contributed by atoms with van der Waals surface area (Å²) in [6, 6.07) is 29.0. The highest BCUT2D eigenvalue weighted by atomic mass is 35.5. The van der Waals surface area contributed by atoms with E-state index in [1.165, 1.54) is 18.2 Å². The molecule has 0 unspecified atom stereocenters. The van der Waals surface area contributed by atoms with E-state index in [2.05, 4.69) is 65.6 Å². The lowest BCUT2D eigenvalue weighted by atomic mass is 9.77. The normalized spacial score (nSPS) is 17.0. The summed E-state index contributed by atoms with van der Waals surface area (Å²) in [5.74, 6) is 0.344. The van der Waals surface area contributed by atoms with Gasteiger partial charge in [-0.15, -0.1) is 12.4 Å². The molecule has 5 nitrogen and oxygen atoms in total. The number of amides is 1. The van der Waals surface area contributed by atoms with Crippen molar-refractivity contribution in [1.29, 1.82) is 0 Å². The van der Waals surface area contributed by atoms with Crippen LogP contribution in [0, 0.1) is 5.41 Å². The summed E-state index contributed by atoms with van der Waals surface area (Å²) >= 11 is 0. The van der Waals surface area contributed by atoms with E-state index in [9.17, 15) is 9.59 Å². The molecule has 1 spiro atoms. The van der Waals surface area contributed by atoms with Crippen molar-refractivity contribution in [1.82, 2.24) is 9.80 Å². The van der Waals surface area contributed by atoms with Crippen molar-refractivity contribution < 1.29 is 14.3 Å². The van der Waals surface area contributed by atoms with Gasteiger partial charge in [-0.25, -0.2) is 4.79 Å². The van der Waals surface area contributed by atoms with Crippen molar-refractivity contribution in [3.8, 4) is 0 Å². The Bertz CT molecular complexity index is 1150. The summed E-state index contributed by atoms with van der Waals surface area (Å²) in [5, 5.41) is 0. The van der Waals surface area contributed by atoms with Crippen LogP contribution < -0.4 is 0 Å². The third kappa shape index (κ3) is 6.11.